The number of aromatic carboxylic acids is 1. The number of benzene rings is 1. The van der Waals surface area contributed by atoms with E-state index in [1.807, 2.05) is 12.1 Å². The van der Waals surface area contributed by atoms with E-state index in [4.69, 9.17) is 5.11 Å². The molecule has 1 aliphatic rings. The van der Waals surface area contributed by atoms with E-state index >= 15 is 0 Å². The van der Waals surface area contributed by atoms with Crippen LogP contribution in [0, 0.1) is 0 Å². The van der Waals surface area contributed by atoms with E-state index < -0.39 is 5.97 Å². The molecule has 17 heavy (non-hydrogen) atoms. The van der Waals surface area contributed by atoms with Gasteiger partial charge in [0, 0.05) is 29.7 Å². The Morgan fingerprint density at radius 2 is 2.06 bits per heavy atom. The lowest BCUT2D eigenvalue weighted by molar-refractivity contribution is 0.0691. The lowest BCUT2D eigenvalue weighted by atomic mass is 10.2. The minimum Gasteiger partial charge on any atom is -0.477 e. The number of nitrogens with one attached hydrogen (secondary N) is 1. The quantitative estimate of drug-likeness (QED) is 0.833. The van der Waals surface area contributed by atoms with Crippen LogP contribution in [0.1, 0.15) is 23.3 Å². The third-order valence-corrected chi connectivity index (χ3v) is 3.32. The summed E-state index contributed by atoms with van der Waals surface area (Å²) in [5.41, 5.74) is 2.29. The van der Waals surface area contributed by atoms with Crippen molar-refractivity contribution in [2.45, 2.75) is 12.8 Å². The van der Waals surface area contributed by atoms with Crippen molar-refractivity contribution in [2.24, 2.45) is 0 Å². The van der Waals surface area contributed by atoms with Crippen LogP contribution in [0.4, 0.5) is 5.69 Å². The molecule has 4 nitrogen and oxygen atoms in total. The van der Waals surface area contributed by atoms with Crippen LogP contribution < -0.4 is 4.90 Å². The lowest BCUT2D eigenvalue weighted by Crippen LogP contribution is -2.17. The lowest BCUT2D eigenvalue weighted by Gasteiger charge is -2.18. The van der Waals surface area contributed by atoms with Gasteiger partial charge >= 0.3 is 5.97 Å². The van der Waals surface area contributed by atoms with Crippen LogP contribution in [0.15, 0.2) is 24.3 Å². The summed E-state index contributed by atoms with van der Waals surface area (Å²) in [5.74, 6) is -0.909. The second kappa shape index (κ2) is 3.80. The molecule has 2 aromatic rings. The molecule has 0 radical (unpaired) electrons. The highest BCUT2D eigenvalue weighted by atomic mass is 16.4. The molecule has 1 aliphatic heterocycles. The monoisotopic (exact) mass is 230 g/mol. The summed E-state index contributed by atoms with van der Waals surface area (Å²) in [6.07, 6.45) is 2.43. The Balaban J connectivity index is 2.14. The Kier molecular flexibility index (Phi) is 2.28. The van der Waals surface area contributed by atoms with Crippen molar-refractivity contribution in [3.8, 4) is 0 Å². The molecule has 0 amide bonds. The van der Waals surface area contributed by atoms with Gasteiger partial charge in [-0.05, 0) is 31.0 Å². The van der Waals surface area contributed by atoms with Gasteiger partial charge in [-0.15, -0.1) is 0 Å². The zero-order valence-electron chi connectivity index (χ0n) is 9.44. The molecule has 1 aromatic heterocycles. The van der Waals surface area contributed by atoms with Gasteiger partial charge in [0.1, 0.15) is 5.69 Å². The topological polar surface area (TPSA) is 56.3 Å². The summed E-state index contributed by atoms with van der Waals surface area (Å²) in [7, 11) is 0. The fraction of sp³-hybridized carbons (Fsp3) is 0.308. The third kappa shape index (κ3) is 1.65. The molecular weight excluding hydrogens is 216 g/mol. The Bertz CT molecular complexity index is 568. The molecule has 0 atom stereocenters. The van der Waals surface area contributed by atoms with Gasteiger partial charge in [0.05, 0.1) is 0 Å². The highest BCUT2D eigenvalue weighted by molar-refractivity contribution is 5.99. The standard InChI is InChI=1S/C13H14N2O2/c16-13(17)11-8-9-10(14-11)4-3-5-12(9)15-6-1-2-7-15/h3-5,8,14H,1-2,6-7H2,(H,16,17). The number of nitrogens with zero attached hydrogens (tertiary/aromatic N) is 1. The number of carbonyl (C=O) groups is 1. The second-order valence-electron chi connectivity index (χ2n) is 4.42. The second-order valence-corrected chi connectivity index (χ2v) is 4.42. The van der Waals surface area contributed by atoms with Crippen molar-refractivity contribution in [3.05, 3.63) is 30.0 Å². The number of hydrogen-bond donors (Lipinski definition) is 2. The van der Waals surface area contributed by atoms with E-state index in [9.17, 15) is 4.79 Å². The summed E-state index contributed by atoms with van der Waals surface area (Å²) in [6.45, 7) is 2.12. The first-order valence-electron chi connectivity index (χ1n) is 5.86. The molecule has 2 N–H and O–H groups in total. The number of anilines is 1. The molecule has 0 saturated carbocycles. The Morgan fingerprint density at radius 1 is 1.29 bits per heavy atom. The third-order valence-electron chi connectivity index (χ3n) is 3.32. The molecule has 0 unspecified atom stereocenters. The van der Waals surface area contributed by atoms with E-state index in [1.165, 1.54) is 12.8 Å². The van der Waals surface area contributed by atoms with Crippen LogP contribution in [0.25, 0.3) is 10.9 Å². The molecule has 0 aliphatic carbocycles. The van der Waals surface area contributed by atoms with Crippen LogP contribution >= 0.6 is 0 Å². The predicted octanol–water partition coefficient (Wildman–Crippen LogP) is 2.47. The number of carboxylic acid groups (broad SMARTS) is 1. The van der Waals surface area contributed by atoms with Gasteiger partial charge in [-0.25, -0.2) is 4.79 Å². The Hall–Kier alpha value is -1.97. The summed E-state index contributed by atoms with van der Waals surface area (Å²) >= 11 is 0. The average Bonchev–Trinajstić information content (AvgIpc) is 2.97. The largest absolute Gasteiger partial charge is 0.477 e. The molecule has 1 aromatic carbocycles. The normalized spacial score (nSPS) is 15.6. The Labute approximate surface area is 98.9 Å². The minimum absolute atomic E-state index is 0.256. The average molecular weight is 230 g/mol. The highest BCUT2D eigenvalue weighted by Gasteiger charge is 2.16. The van der Waals surface area contributed by atoms with E-state index in [1.54, 1.807) is 6.07 Å². The molecular formula is C13H14N2O2. The van der Waals surface area contributed by atoms with E-state index in [2.05, 4.69) is 16.0 Å². The molecule has 1 saturated heterocycles. The number of fused-ring (bicyclic) bond motifs is 1. The number of carboxylic acids is 1. The van der Waals surface area contributed by atoms with Gasteiger partial charge < -0.3 is 15.0 Å². The minimum atomic E-state index is -0.909. The van der Waals surface area contributed by atoms with Crippen molar-refractivity contribution in [1.82, 2.24) is 4.98 Å². The zero-order valence-corrected chi connectivity index (χ0v) is 9.44. The van der Waals surface area contributed by atoms with Gasteiger partial charge in [0.2, 0.25) is 0 Å². The van der Waals surface area contributed by atoms with Crippen molar-refractivity contribution < 1.29 is 9.90 Å². The van der Waals surface area contributed by atoms with Crippen molar-refractivity contribution in [3.63, 3.8) is 0 Å². The van der Waals surface area contributed by atoms with E-state index in [0.29, 0.717) is 0 Å². The maximum atomic E-state index is 11.0. The van der Waals surface area contributed by atoms with Gasteiger partial charge in [-0.2, -0.15) is 0 Å². The SMILES string of the molecule is O=C(O)c1cc2c(N3CCCC3)cccc2[nH]1. The number of aromatic amines is 1. The molecule has 3 rings (SSSR count). The molecule has 0 bridgehead atoms. The van der Waals surface area contributed by atoms with E-state index in [0.717, 1.165) is 29.7 Å². The molecule has 1 fully saturated rings. The van der Waals surface area contributed by atoms with Crippen molar-refractivity contribution in [2.75, 3.05) is 18.0 Å². The molecule has 0 spiro atoms. The molecule has 4 heteroatoms. The van der Waals surface area contributed by atoms with Gasteiger partial charge in [-0.1, -0.05) is 6.07 Å². The maximum Gasteiger partial charge on any atom is 0.352 e. The smallest absolute Gasteiger partial charge is 0.352 e. The van der Waals surface area contributed by atoms with Crippen LogP contribution in [0.2, 0.25) is 0 Å². The van der Waals surface area contributed by atoms with Gasteiger partial charge in [-0.3, -0.25) is 0 Å². The first-order chi connectivity index (χ1) is 8.25. The van der Waals surface area contributed by atoms with Crippen LogP contribution in [-0.2, 0) is 0 Å². The van der Waals surface area contributed by atoms with Crippen molar-refractivity contribution in [1.29, 1.82) is 0 Å². The molecule has 2 heterocycles. The summed E-state index contributed by atoms with van der Waals surface area (Å²) < 4.78 is 0. The number of H-pyrrole nitrogens is 1. The first-order valence-corrected chi connectivity index (χ1v) is 5.86. The van der Waals surface area contributed by atoms with Gasteiger partial charge in [0.15, 0.2) is 0 Å². The van der Waals surface area contributed by atoms with Crippen LogP contribution in [0.5, 0.6) is 0 Å². The van der Waals surface area contributed by atoms with E-state index in [-0.39, 0.29) is 5.69 Å². The van der Waals surface area contributed by atoms with Gasteiger partial charge in [0.25, 0.3) is 0 Å². The fourth-order valence-electron chi connectivity index (χ4n) is 2.49. The summed E-state index contributed by atoms with van der Waals surface area (Å²) in [5, 5.41) is 10.0. The van der Waals surface area contributed by atoms with Crippen LogP contribution in [0.3, 0.4) is 0 Å². The highest BCUT2D eigenvalue weighted by Crippen LogP contribution is 2.29. The van der Waals surface area contributed by atoms with Crippen molar-refractivity contribution >= 4 is 22.6 Å². The predicted molar refractivity (Wildman–Crippen MR) is 66.7 cm³/mol. The fourth-order valence-corrected chi connectivity index (χ4v) is 2.49. The maximum absolute atomic E-state index is 11.0. The van der Waals surface area contributed by atoms with Crippen LogP contribution in [-0.4, -0.2) is 29.1 Å². The number of aromatic nitrogens is 1. The zero-order chi connectivity index (χ0) is 11.8. The first kappa shape index (κ1) is 10.2. The number of hydrogen-bond acceptors (Lipinski definition) is 2. The number of rotatable bonds is 2. The molecule has 88 valence electrons. The summed E-state index contributed by atoms with van der Waals surface area (Å²) in [6, 6.07) is 7.68. The Morgan fingerprint density at radius 3 is 2.76 bits per heavy atom. The summed E-state index contributed by atoms with van der Waals surface area (Å²) in [4.78, 5) is 16.2.